The molecule has 3 aromatic rings. The third-order valence-corrected chi connectivity index (χ3v) is 9.25. The van der Waals surface area contributed by atoms with Crippen LogP contribution in [0.4, 0.5) is 0 Å². The number of carbonyl (C=O) groups is 1. The molecular formula is C31H34O6S. The van der Waals surface area contributed by atoms with Crippen molar-refractivity contribution < 1.29 is 27.4 Å². The van der Waals surface area contributed by atoms with Crippen LogP contribution >= 0.6 is 0 Å². The number of methoxy groups -OCH3 is 1. The fourth-order valence-corrected chi connectivity index (χ4v) is 6.84. The second kappa shape index (κ2) is 10.8. The van der Waals surface area contributed by atoms with E-state index in [9.17, 15) is 13.2 Å². The summed E-state index contributed by atoms with van der Waals surface area (Å²) in [6.45, 7) is 4.61. The first-order chi connectivity index (χ1) is 18.2. The summed E-state index contributed by atoms with van der Waals surface area (Å²) in [6.07, 6.45) is 1.87. The molecule has 0 N–H and O–H groups in total. The van der Waals surface area contributed by atoms with Crippen LogP contribution in [-0.2, 0) is 26.0 Å². The average Bonchev–Trinajstić information content (AvgIpc) is 3.70. The van der Waals surface area contributed by atoms with E-state index in [1.165, 1.54) is 12.7 Å². The minimum atomic E-state index is -2.91. The lowest BCUT2D eigenvalue weighted by Gasteiger charge is -2.24. The summed E-state index contributed by atoms with van der Waals surface area (Å²) in [5.41, 5.74) is 6.72. The number of hydrogen-bond donors (Lipinski definition) is 0. The summed E-state index contributed by atoms with van der Waals surface area (Å²) < 4.78 is 40.5. The molecule has 1 saturated carbocycles. The first-order valence-electron chi connectivity index (χ1n) is 13.1. The van der Waals surface area contributed by atoms with Gasteiger partial charge in [0.1, 0.15) is 24.2 Å². The highest BCUT2D eigenvalue weighted by Gasteiger charge is 2.44. The van der Waals surface area contributed by atoms with E-state index in [0.29, 0.717) is 19.4 Å². The molecule has 3 aromatic carbocycles. The number of esters is 1. The Balaban J connectivity index is 1.22. The molecule has 1 aliphatic heterocycles. The maximum atomic E-state index is 11.7. The predicted molar refractivity (Wildman–Crippen MR) is 147 cm³/mol. The SMILES string of the molecule is COC(=O)C1CC1c1ccc(OCc2cccc(-c3c(C)cc(OC4CCS(=O)(=O)CC4)cc3C)c2)cc1. The Morgan fingerprint density at radius 3 is 2.26 bits per heavy atom. The van der Waals surface area contributed by atoms with Crippen LogP contribution in [0.1, 0.15) is 47.4 Å². The van der Waals surface area contributed by atoms with Gasteiger partial charge in [0.15, 0.2) is 9.84 Å². The third-order valence-electron chi connectivity index (χ3n) is 7.53. The van der Waals surface area contributed by atoms with Gasteiger partial charge in [0, 0.05) is 0 Å². The Bertz CT molecular complexity index is 1390. The quantitative estimate of drug-likeness (QED) is 0.341. The van der Waals surface area contributed by atoms with Crippen LogP contribution in [0.15, 0.2) is 60.7 Å². The first-order valence-corrected chi connectivity index (χ1v) is 14.9. The van der Waals surface area contributed by atoms with Crippen molar-refractivity contribution in [2.24, 2.45) is 5.92 Å². The zero-order chi connectivity index (χ0) is 26.9. The van der Waals surface area contributed by atoms with E-state index in [0.717, 1.165) is 45.7 Å². The summed E-state index contributed by atoms with van der Waals surface area (Å²) in [5.74, 6) is 2.07. The maximum absolute atomic E-state index is 11.7. The van der Waals surface area contributed by atoms with Gasteiger partial charge in [-0.05, 0) is 103 Å². The van der Waals surface area contributed by atoms with Crippen molar-refractivity contribution >= 4 is 15.8 Å². The van der Waals surface area contributed by atoms with Gasteiger partial charge in [-0.3, -0.25) is 4.79 Å². The number of hydrogen-bond acceptors (Lipinski definition) is 6. The molecule has 200 valence electrons. The van der Waals surface area contributed by atoms with Gasteiger partial charge in [-0.15, -0.1) is 0 Å². The van der Waals surface area contributed by atoms with Crippen molar-refractivity contribution in [3.05, 3.63) is 82.9 Å². The van der Waals surface area contributed by atoms with Gasteiger partial charge >= 0.3 is 5.97 Å². The van der Waals surface area contributed by atoms with Gasteiger partial charge in [0.2, 0.25) is 0 Å². The lowest BCUT2D eigenvalue weighted by atomic mass is 9.94. The number of aryl methyl sites for hydroxylation is 2. The van der Waals surface area contributed by atoms with E-state index in [1.807, 2.05) is 42.5 Å². The molecule has 2 aliphatic rings. The number of ether oxygens (including phenoxy) is 3. The van der Waals surface area contributed by atoms with Crippen LogP contribution in [0.5, 0.6) is 11.5 Å². The highest BCUT2D eigenvalue weighted by Crippen LogP contribution is 2.48. The second-order valence-electron chi connectivity index (χ2n) is 10.4. The minimum Gasteiger partial charge on any atom is -0.490 e. The van der Waals surface area contributed by atoms with Gasteiger partial charge in [-0.1, -0.05) is 30.3 Å². The van der Waals surface area contributed by atoms with Crippen molar-refractivity contribution in [1.29, 1.82) is 0 Å². The van der Waals surface area contributed by atoms with E-state index < -0.39 is 9.84 Å². The smallest absolute Gasteiger partial charge is 0.309 e. The molecule has 0 amide bonds. The highest BCUT2D eigenvalue weighted by atomic mass is 32.2. The summed E-state index contributed by atoms with van der Waals surface area (Å²) in [5, 5.41) is 0. The third kappa shape index (κ3) is 6.04. The molecule has 2 atom stereocenters. The van der Waals surface area contributed by atoms with E-state index in [2.05, 4.69) is 32.0 Å². The Labute approximate surface area is 224 Å². The summed E-state index contributed by atoms with van der Waals surface area (Å²) in [4.78, 5) is 11.7. The van der Waals surface area contributed by atoms with Gasteiger partial charge < -0.3 is 14.2 Å². The first kappa shape index (κ1) is 26.3. The molecular weight excluding hydrogens is 500 g/mol. The molecule has 0 spiro atoms. The van der Waals surface area contributed by atoms with Crippen LogP contribution in [-0.4, -0.2) is 39.1 Å². The molecule has 1 aliphatic carbocycles. The normalized spacial score (nSPS) is 20.5. The lowest BCUT2D eigenvalue weighted by molar-refractivity contribution is -0.142. The topological polar surface area (TPSA) is 78.9 Å². The predicted octanol–water partition coefficient (Wildman–Crippen LogP) is 5.78. The fourth-order valence-electron chi connectivity index (χ4n) is 5.40. The van der Waals surface area contributed by atoms with Crippen LogP contribution < -0.4 is 9.47 Å². The summed E-state index contributed by atoms with van der Waals surface area (Å²) in [6, 6.07) is 20.4. The van der Waals surface area contributed by atoms with Crippen molar-refractivity contribution in [3.8, 4) is 22.6 Å². The molecule has 2 unspecified atom stereocenters. The zero-order valence-electron chi connectivity index (χ0n) is 22.1. The average molecular weight is 535 g/mol. The minimum absolute atomic E-state index is 0.0203. The van der Waals surface area contributed by atoms with Crippen LogP contribution in [0.25, 0.3) is 11.1 Å². The van der Waals surface area contributed by atoms with Crippen molar-refractivity contribution in [2.45, 2.75) is 51.7 Å². The molecule has 0 bridgehead atoms. The van der Waals surface area contributed by atoms with Crippen molar-refractivity contribution in [1.82, 2.24) is 0 Å². The summed E-state index contributed by atoms with van der Waals surface area (Å²) >= 11 is 0. The molecule has 0 radical (unpaired) electrons. The van der Waals surface area contributed by atoms with Crippen LogP contribution in [0.2, 0.25) is 0 Å². The van der Waals surface area contributed by atoms with Crippen molar-refractivity contribution in [2.75, 3.05) is 18.6 Å². The zero-order valence-corrected chi connectivity index (χ0v) is 22.9. The Hall–Kier alpha value is -3.32. The molecule has 1 heterocycles. The standard InChI is InChI=1S/C31H34O6S/c1-20-15-27(37-26-11-13-38(33,34)14-12-26)16-21(2)30(20)24-6-4-5-22(17-24)19-36-25-9-7-23(8-10-25)28-18-29(28)31(32)35-3/h4-10,15-17,26,28-29H,11-14,18-19H2,1-3H3. The van der Waals surface area contributed by atoms with Crippen LogP contribution in [0.3, 0.4) is 0 Å². The monoisotopic (exact) mass is 534 g/mol. The van der Waals surface area contributed by atoms with Gasteiger partial charge in [-0.2, -0.15) is 0 Å². The van der Waals surface area contributed by atoms with Crippen LogP contribution in [0, 0.1) is 19.8 Å². The molecule has 7 heteroatoms. The number of carbonyl (C=O) groups excluding carboxylic acids is 1. The van der Waals surface area contributed by atoms with Gasteiger partial charge in [-0.25, -0.2) is 8.42 Å². The van der Waals surface area contributed by atoms with E-state index in [-0.39, 0.29) is 35.4 Å². The molecule has 6 nitrogen and oxygen atoms in total. The summed E-state index contributed by atoms with van der Waals surface area (Å²) in [7, 11) is -1.47. The molecule has 38 heavy (non-hydrogen) atoms. The number of benzene rings is 3. The van der Waals surface area contributed by atoms with Gasteiger partial charge in [0.25, 0.3) is 0 Å². The van der Waals surface area contributed by atoms with E-state index in [1.54, 1.807) is 0 Å². The highest BCUT2D eigenvalue weighted by molar-refractivity contribution is 7.91. The largest absolute Gasteiger partial charge is 0.490 e. The Morgan fingerprint density at radius 1 is 0.921 bits per heavy atom. The van der Waals surface area contributed by atoms with Crippen molar-refractivity contribution in [3.63, 3.8) is 0 Å². The fraction of sp³-hybridized carbons (Fsp3) is 0.387. The molecule has 5 rings (SSSR count). The molecule has 1 saturated heterocycles. The maximum Gasteiger partial charge on any atom is 0.309 e. The van der Waals surface area contributed by atoms with E-state index in [4.69, 9.17) is 14.2 Å². The van der Waals surface area contributed by atoms with Gasteiger partial charge in [0.05, 0.1) is 24.5 Å². The molecule has 2 fully saturated rings. The Morgan fingerprint density at radius 2 is 1.61 bits per heavy atom. The van der Waals surface area contributed by atoms with E-state index >= 15 is 0 Å². The lowest BCUT2D eigenvalue weighted by Crippen LogP contribution is -2.30. The Kier molecular flexibility index (Phi) is 7.48. The second-order valence-corrected chi connectivity index (χ2v) is 12.7. The molecule has 0 aromatic heterocycles. The number of rotatable bonds is 8. The number of sulfone groups is 1.